The van der Waals surface area contributed by atoms with Crippen LogP contribution in [0, 0.1) is 5.41 Å². The van der Waals surface area contributed by atoms with Crippen molar-refractivity contribution in [3.63, 3.8) is 0 Å². The second-order valence-electron chi connectivity index (χ2n) is 5.35. The highest BCUT2D eigenvalue weighted by molar-refractivity contribution is 6.31. The van der Waals surface area contributed by atoms with E-state index in [1.54, 1.807) is 23.1 Å². The van der Waals surface area contributed by atoms with Crippen LogP contribution < -0.4 is 0 Å². The molecule has 0 aromatic heterocycles. The fraction of sp³-hybridized carbons (Fsp3) is 0.467. The maximum atomic E-state index is 12.3. The molecular weight excluding hydrogens is 294 g/mol. The summed E-state index contributed by atoms with van der Waals surface area (Å²) < 4.78 is 5.02. The average molecular weight is 312 g/mol. The lowest BCUT2D eigenvalue weighted by molar-refractivity contribution is -0.151. The number of carboxylic acids is 1. The van der Waals surface area contributed by atoms with Crippen LogP contribution in [0.5, 0.6) is 0 Å². The normalized spacial score (nSPS) is 21.5. The third-order valence-corrected chi connectivity index (χ3v) is 4.25. The molecule has 1 aromatic rings. The second-order valence-corrected chi connectivity index (χ2v) is 5.76. The van der Waals surface area contributed by atoms with Gasteiger partial charge in [0.25, 0.3) is 0 Å². The number of nitrogens with zero attached hydrogens (tertiary/aromatic N) is 1. The first kappa shape index (κ1) is 15.8. The van der Waals surface area contributed by atoms with Crippen LogP contribution in [0.4, 0.5) is 0 Å². The summed E-state index contributed by atoms with van der Waals surface area (Å²) in [7, 11) is 1.47. The van der Waals surface area contributed by atoms with E-state index in [4.69, 9.17) is 16.3 Å². The minimum absolute atomic E-state index is 0.109. The van der Waals surface area contributed by atoms with E-state index in [-0.39, 0.29) is 25.5 Å². The van der Waals surface area contributed by atoms with Crippen LogP contribution in [-0.4, -0.2) is 48.7 Å². The highest BCUT2D eigenvalue weighted by atomic mass is 35.5. The molecule has 1 fully saturated rings. The van der Waals surface area contributed by atoms with E-state index in [2.05, 4.69) is 0 Å². The number of carboxylic acid groups (broad SMARTS) is 1. The topological polar surface area (TPSA) is 66.8 Å². The standard InChI is InChI=1S/C15H18ClNO4/c1-21-10-15(14(19)20)6-7-17(9-15)13(18)8-11-4-2-3-5-12(11)16/h2-5H,6-10H2,1H3,(H,19,20). The van der Waals surface area contributed by atoms with Gasteiger partial charge in [-0.05, 0) is 18.1 Å². The maximum Gasteiger partial charge on any atom is 0.313 e. The Hall–Kier alpha value is -1.59. The summed E-state index contributed by atoms with van der Waals surface area (Å²) in [6, 6.07) is 7.17. The van der Waals surface area contributed by atoms with E-state index in [1.807, 2.05) is 6.07 Å². The maximum absolute atomic E-state index is 12.3. The van der Waals surface area contributed by atoms with Crippen molar-refractivity contribution < 1.29 is 19.4 Å². The first-order valence-corrected chi connectivity index (χ1v) is 7.10. The Bertz CT molecular complexity index is 548. The number of methoxy groups -OCH3 is 1. The van der Waals surface area contributed by atoms with Crippen molar-refractivity contribution in [3.05, 3.63) is 34.9 Å². The first-order valence-electron chi connectivity index (χ1n) is 6.72. The van der Waals surface area contributed by atoms with Gasteiger partial charge in [0.1, 0.15) is 5.41 Å². The minimum atomic E-state index is -0.995. The molecule has 0 radical (unpaired) electrons. The van der Waals surface area contributed by atoms with E-state index >= 15 is 0 Å². The highest BCUT2D eigenvalue weighted by Gasteiger charge is 2.46. The Morgan fingerprint density at radius 1 is 1.43 bits per heavy atom. The van der Waals surface area contributed by atoms with Crippen molar-refractivity contribution in [2.75, 3.05) is 26.8 Å². The van der Waals surface area contributed by atoms with Crippen LogP contribution in [0.1, 0.15) is 12.0 Å². The number of ether oxygens (including phenoxy) is 1. The summed E-state index contributed by atoms with van der Waals surface area (Å²) in [5.41, 5.74) is -0.242. The molecule has 1 N–H and O–H groups in total. The van der Waals surface area contributed by atoms with Gasteiger partial charge in [-0.3, -0.25) is 9.59 Å². The highest BCUT2D eigenvalue weighted by Crippen LogP contribution is 2.32. The van der Waals surface area contributed by atoms with E-state index in [0.29, 0.717) is 18.0 Å². The summed E-state index contributed by atoms with van der Waals surface area (Å²) >= 11 is 6.05. The summed E-state index contributed by atoms with van der Waals surface area (Å²) in [4.78, 5) is 25.3. The second kappa shape index (κ2) is 6.45. The number of benzene rings is 1. The van der Waals surface area contributed by atoms with Gasteiger partial charge in [0.2, 0.25) is 5.91 Å². The molecule has 1 saturated heterocycles. The lowest BCUT2D eigenvalue weighted by Crippen LogP contribution is -2.40. The lowest BCUT2D eigenvalue weighted by Gasteiger charge is -2.23. The molecule has 21 heavy (non-hydrogen) atoms. The Morgan fingerprint density at radius 3 is 2.76 bits per heavy atom. The quantitative estimate of drug-likeness (QED) is 0.901. The van der Waals surface area contributed by atoms with Gasteiger partial charge in [0, 0.05) is 25.2 Å². The van der Waals surface area contributed by atoms with Gasteiger partial charge in [-0.2, -0.15) is 0 Å². The van der Waals surface area contributed by atoms with Gasteiger partial charge in [-0.15, -0.1) is 0 Å². The number of carbonyl (C=O) groups excluding carboxylic acids is 1. The fourth-order valence-corrected chi connectivity index (χ4v) is 2.83. The van der Waals surface area contributed by atoms with Gasteiger partial charge in [0.15, 0.2) is 0 Å². The molecule has 1 atom stereocenters. The Labute approximate surface area is 128 Å². The van der Waals surface area contributed by atoms with Crippen molar-refractivity contribution in [1.29, 1.82) is 0 Å². The molecule has 1 unspecified atom stereocenters. The number of aliphatic carboxylic acids is 1. The number of likely N-dealkylation sites (tertiary alicyclic amines) is 1. The van der Waals surface area contributed by atoms with Crippen LogP contribution in [0.25, 0.3) is 0 Å². The summed E-state index contributed by atoms with van der Waals surface area (Å²) in [6.07, 6.45) is 0.590. The Morgan fingerprint density at radius 2 is 2.14 bits per heavy atom. The van der Waals surface area contributed by atoms with E-state index in [9.17, 15) is 14.7 Å². The average Bonchev–Trinajstić information content (AvgIpc) is 2.87. The fourth-order valence-electron chi connectivity index (χ4n) is 2.63. The first-order chi connectivity index (χ1) is 9.98. The molecule has 5 nitrogen and oxygen atoms in total. The predicted molar refractivity (Wildman–Crippen MR) is 78.3 cm³/mol. The smallest absolute Gasteiger partial charge is 0.313 e. The number of amides is 1. The molecule has 1 aliphatic heterocycles. The zero-order valence-corrected chi connectivity index (χ0v) is 12.6. The van der Waals surface area contributed by atoms with Crippen molar-refractivity contribution in [1.82, 2.24) is 4.90 Å². The largest absolute Gasteiger partial charge is 0.481 e. The zero-order chi connectivity index (χ0) is 15.5. The monoisotopic (exact) mass is 311 g/mol. The summed E-state index contributed by atoms with van der Waals surface area (Å²) in [5.74, 6) is -1.03. The third-order valence-electron chi connectivity index (χ3n) is 3.88. The van der Waals surface area contributed by atoms with Gasteiger partial charge < -0.3 is 14.7 Å². The van der Waals surface area contributed by atoms with E-state index in [0.717, 1.165) is 5.56 Å². The molecule has 1 aromatic carbocycles. The van der Waals surface area contributed by atoms with Crippen molar-refractivity contribution in [2.24, 2.45) is 5.41 Å². The van der Waals surface area contributed by atoms with Crippen molar-refractivity contribution >= 4 is 23.5 Å². The molecule has 1 heterocycles. The van der Waals surface area contributed by atoms with E-state index < -0.39 is 11.4 Å². The number of hydrogen-bond donors (Lipinski definition) is 1. The Balaban J connectivity index is 2.05. The number of hydrogen-bond acceptors (Lipinski definition) is 3. The van der Waals surface area contributed by atoms with E-state index in [1.165, 1.54) is 7.11 Å². The summed E-state index contributed by atoms with van der Waals surface area (Å²) in [6.45, 7) is 0.719. The van der Waals surface area contributed by atoms with Gasteiger partial charge in [0.05, 0.1) is 13.0 Å². The van der Waals surface area contributed by atoms with Gasteiger partial charge in [-0.25, -0.2) is 0 Å². The van der Waals surface area contributed by atoms with Crippen LogP contribution >= 0.6 is 11.6 Å². The van der Waals surface area contributed by atoms with Crippen LogP contribution in [-0.2, 0) is 20.7 Å². The van der Waals surface area contributed by atoms with Crippen LogP contribution in [0.15, 0.2) is 24.3 Å². The minimum Gasteiger partial charge on any atom is -0.481 e. The number of rotatable bonds is 5. The van der Waals surface area contributed by atoms with Crippen LogP contribution in [0.3, 0.4) is 0 Å². The van der Waals surface area contributed by atoms with Gasteiger partial charge in [-0.1, -0.05) is 29.8 Å². The summed E-state index contributed by atoms with van der Waals surface area (Å²) in [5, 5.41) is 9.94. The van der Waals surface area contributed by atoms with Crippen LogP contribution in [0.2, 0.25) is 5.02 Å². The zero-order valence-electron chi connectivity index (χ0n) is 11.8. The van der Waals surface area contributed by atoms with Crippen molar-refractivity contribution in [3.8, 4) is 0 Å². The molecule has 114 valence electrons. The number of halogens is 1. The molecule has 0 bridgehead atoms. The molecule has 2 rings (SSSR count). The molecule has 0 saturated carbocycles. The molecule has 1 aliphatic rings. The van der Waals surface area contributed by atoms with Crippen molar-refractivity contribution in [2.45, 2.75) is 12.8 Å². The third kappa shape index (κ3) is 3.36. The van der Waals surface area contributed by atoms with Gasteiger partial charge >= 0.3 is 5.97 Å². The lowest BCUT2D eigenvalue weighted by atomic mass is 9.88. The Kier molecular flexibility index (Phi) is 4.85. The number of carbonyl (C=O) groups is 2. The molecule has 1 amide bonds. The SMILES string of the molecule is COCC1(C(=O)O)CCN(C(=O)Cc2ccccc2Cl)C1. The molecular formula is C15H18ClNO4. The predicted octanol–water partition coefficient (Wildman–Crippen LogP) is 1.83. The molecule has 6 heteroatoms. The molecule has 0 spiro atoms. The molecule has 0 aliphatic carbocycles.